The van der Waals surface area contributed by atoms with Gasteiger partial charge in [-0.3, -0.25) is 14.6 Å². The van der Waals surface area contributed by atoms with Crippen molar-refractivity contribution >= 4 is 50.6 Å². The molecule has 0 bridgehead atoms. The number of amides is 1. The van der Waals surface area contributed by atoms with Crippen LogP contribution < -0.4 is 10.6 Å². The van der Waals surface area contributed by atoms with E-state index in [1.807, 2.05) is 42.5 Å². The molecule has 4 N–H and O–H groups in total. The van der Waals surface area contributed by atoms with Gasteiger partial charge < -0.3 is 15.7 Å². The number of aromatic amines is 1. The number of carbonyl (C=O) groups excluding carboxylic acids is 1. The van der Waals surface area contributed by atoms with Crippen molar-refractivity contribution in [2.45, 2.75) is 6.18 Å². The molecule has 0 saturated heterocycles. The Morgan fingerprint density at radius 1 is 1.08 bits per heavy atom. The topological polar surface area (TPSA) is 151 Å². The van der Waals surface area contributed by atoms with Crippen molar-refractivity contribution in [2.75, 3.05) is 10.6 Å². The summed E-state index contributed by atoms with van der Waals surface area (Å²) in [6.45, 7) is 0. The number of aryl methyl sites for hydroxylation is 1. The van der Waals surface area contributed by atoms with E-state index in [1.165, 1.54) is 16.0 Å². The quantitative estimate of drug-likeness (QED) is 0.260. The van der Waals surface area contributed by atoms with Crippen LogP contribution in [0.15, 0.2) is 60.9 Å². The van der Waals surface area contributed by atoms with E-state index in [1.54, 1.807) is 25.5 Å². The number of hydrogen-bond donors (Lipinski definition) is 4. The fraction of sp³-hybridized carbons (Fsp3) is 0.0909. The standard InChI is InChI=1S/C20H16N8OS.C2HF3O2/c1-28-17(7-8-22-28)18(29)23-14-4-2-3-12(9-14)19-26-27-20(30-19)24-15-5-6-16-13(10-15)11-21-25-16;3-2(4,5)1(6)7/h2-11H,1H3,(H,21,25)(H,23,29)(H,24,27);(H,6,7). The van der Waals surface area contributed by atoms with Crippen molar-refractivity contribution < 1.29 is 27.9 Å². The fourth-order valence-electron chi connectivity index (χ4n) is 3.06. The van der Waals surface area contributed by atoms with Gasteiger partial charge in [0.25, 0.3) is 5.91 Å². The molecule has 3 aromatic heterocycles. The molecular formula is C22H17F3N8O3S. The third-order valence-electron chi connectivity index (χ3n) is 4.78. The molecule has 5 aromatic rings. The minimum absolute atomic E-state index is 0.221. The number of rotatable bonds is 5. The first kappa shape index (κ1) is 25.3. The molecule has 0 aliphatic rings. The number of halogens is 3. The Morgan fingerprint density at radius 2 is 1.86 bits per heavy atom. The van der Waals surface area contributed by atoms with Gasteiger partial charge in [0.05, 0.1) is 11.7 Å². The number of alkyl halides is 3. The third kappa shape index (κ3) is 6.26. The van der Waals surface area contributed by atoms with E-state index in [0.717, 1.165) is 27.2 Å². The summed E-state index contributed by atoms with van der Waals surface area (Å²) in [6.07, 6.45) is -1.72. The Labute approximate surface area is 210 Å². The zero-order chi connectivity index (χ0) is 26.6. The maximum absolute atomic E-state index is 12.4. The zero-order valence-corrected chi connectivity index (χ0v) is 19.6. The number of nitrogens with zero attached hydrogens (tertiary/aromatic N) is 5. The van der Waals surface area contributed by atoms with E-state index in [-0.39, 0.29) is 5.91 Å². The summed E-state index contributed by atoms with van der Waals surface area (Å²) >= 11 is 1.43. The molecule has 0 aliphatic heterocycles. The number of fused-ring (bicyclic) bond motifs is 1. The van der Waals surface area contributed by atoms with Crippen LogP contribution >= 0.6 is 11.3 Å². The van der Waals surface area contributed by atoms with E-state index in [4.69, 9.17) is 9.90 Å². The summed E-state index contributed by atoms with van der Waals surface area (Å²) in [6, 6.07) is 15.1. The number of nitrogens with one attached hydrogen (secondary N) is 3. The summed E-state index contributed by atoms with van der Waals surface area (Å²) < 4.78 is 33.3. The van der Waals surface area contributed by atoms with Crippen molar-refractivity contribution in [1.82, 2.24) is 30.2 Å². The number of H-pyrrole nitrogens is 1. The molecule has 3 heterocycles. The van der Waals surface area contributed by atoms with Gasteiger partial charge in [-0.15, -0.1) is 10.2 Å². The van der Waals surface area contributed by atoms with E-state index >= 15 is 0 Å². The van der Waals surface area contributed by atoms with Gasteiger partial charge in [0.1, 0.15) is 10.7 Å². The van der Waals surface area contributed by atoms with Crippen LogP contribution in [-0.4, -0.2) is 53.3 Å². The molecule has 15 heteroatoms. The average molecular weight is 530 g/mol. The zero-order valence-electron chi connectivity index (χ0n) is 18.8. The molecule has 11 nitrogen and oxygen atoms in total. The van der Waals surface area contributed by atoms with Crippen LogP contribution in [0.2, 0.25) is 0 Å². The van der Waals surface area contributed by atoms with Gasteiger partial charge in [0.2, 0.25) is 5.13 Å². The Hall–Kier alpha value is -4.79. The highest BCUT2D eigenvalue weighted by Gasteiger charge is 2.38. The first-order valence-electron chi connectivity index (χ1n) is 10.3. The highest BCUT2D eigenvalue weighted by molar-refractivity contribution is 7.18. The lowest BCUT2D eigenvalue weighted by molar-refractivity contribution is -0.192. The molecule has 2 aromatic carbocycles. The number of anilines is 3. The smallest absolute Gasteiger partial charge is 0.475 e. The van der Waals surface area contributed by atoms with Crippen LogP contribution in [0.4, 0.5) is 29.7 Å². The number of carbonyl (C=O) groups is 2. The van der Waals surface area contributed by atoms with Gasteiger partial charge in [-0.05, 0) is 36.4 Å². The molecular weight excluding hydrogens is 513 g/mol. The summed E-state index contributed by atoms with van der Waals surface area (Å²) in [5.74, 6) is -2.98. The normalized spacial score (nSPS) is 11.0. The van der Waals surface area contributed by atoms with Crippen molar-refractivity contribution in [3.05, 3.63) is 66.6 Å². The molecule has 0 spiro atoms. The van der Waals surface area contributed by atoms with Gasteiger partial charge in [-0.25, -0.2) is 4.79 Å². The van der Waals surface area contributed by atoms with Crippen LogP contribution in [0.5, 0.6) is 0 Å². The lowest BCUT2D eigenvalue weighted by Gasteiger charge is -2.06. The van der Waals surface area contributed by atoms with Crippen LogP contribution in [0.3, 0.4) is 0 Å². The summed E-state index contributed by atoms with van der Waals surface area (Å²) in [4.78, 5) is 21.3. The van der Waals surface area contributed by atoms with Crippen LogP contribution in [0.1, 0.15) is 10.5 Å². The predicted octanol–water partition coefficient (Wildman–Crippen LogP) is 4.44. The SMILES string of the molecule is Cn1nccc1C(=O)Nc1cccc(-c2nnc(Nc3ccc4[nH]ncc4c3)s2)c1.O=C(O)C(F)(F)F. The molecule has 1 amide bonds. The number of benzene rings is 2. The first-order chi connectivity index (χ1) is 17.6. The summed E-state index contributed by atoms with van der Waals surface area (Å²) in [5, 5.41) is 35.2. The van der Waals surface area contributed by atoms with E-state index in [2.05, 4.69) is 36.1 Å². The van der Waals surface area contributed by atoms with Crippen molar-refractivity contribution in [3.63, 3.8) is 0 Å². The molecule has 190 valence electrons. The Kier molecular flexibility index (Phi) is 7.15. The maximum Gasteiger partial charge on any atom is 0.490 e. The lowest BCUT2D eigenvalue weighted by atomic mass is 10.2. The largest absolute Gasteiger partial charge is 0.490 e. The van der Waals surface area contributed by atoms with Gasteiger partial charge in [0.15, 0.2) is 0 Å². The highest BCUT2D eigenvalue weighted by atomic mass is 32.1. The molecule has 5 rings (SSSR count). The molecule has 37 heavy (non-hydrogen) atoms. The van der Waals surface area contributed by atoms with E-state index in [9.17, 15) is 18.0 Å². The average Bonchev–Trinajstić information content (AvgIpc) is 3.60. The minimum atomic E-state index is -5.08. The Bertz CT molecular complexity index is 1560. The van der Waals surface area contributed by atoms with Crippen molar-refractivity contribution in [2.24, 2.45) is 7.05 Å². The van der Waals surface area contributed by atoms with Gasteiger partial charge in [-0.2, -0.15) is 23.4 Å². The Morgan fingerprint density at radius 3 is 2.57 bits per heavy atom. The fourth-order valence-corrected chi connectivity index (χ4v) is 3.82. The van der Waals surface area contributed by atoms with Crippen molar-refractivity contribution in [1.29, 1.82) is 0 Å². The van der Waals surface area contributed by atoms with Crippen molar-refractivity contribution in [3.8, 4) is 10.6 Å². The number of hydrogen-bond acceptors (Lipinski definition) is 8. The second-order valence-electron chi connectivity index (χ2n) is 7.39. The van der Waals surface area contributed by atoms with E-state index < -0.39 is 12.1 Å². The maximum atomic E-state index is 12.4. The van der Waals surface area contributed by atoms with Crippen LogP contribution in [0.25, 0.3) is 21.5 Å². The number of carboxylic acid groups (broad SMARTS) is 1. The Balaban J connectivity index is 0.000000405. The van der Waals surface area contributed by atoms with Gasteiger partial charge in [-0.1, -0.05) is 23.5 Å². The lowest BCUT2D eigenvalue weighted by Crippen LogP contribution is -2.21. The molecule has 0 unspecified atom stereocenters. The minimum Gasteiger partial charge on any atom is -0.475 e. The highest BCUT2D eigenvalue weighted by Crippen LogP contribution is 2.30. The van der Waals surface area contributed by atoms with Gasteiger partial charge in [0, 0.05) is 35.6 Å². The summed E-state index contributed by atoms with van der Waals surface area (Å²) in [5.41, 5.74) is 3.91. The monoisotopic (exact) mass is 530 g/mol. The number of aliphatic carboxylic acids is 1. The third-order valence-corrected chi connectivity index (χ3v) is 5.67. The second-order valence-corrected chi connectivity index (χ2v) is 8.36. The molecule has 0 saturated carbocycles. The van der Waals surface area contributed by atoms with Crippen LogP contribution in [-0.2, 0) is 11.8 Å². The predicted molar refractivity (Wildman–Crippen MR) is 130 cm³/mol. The summed E-state index contributed by atoms with van der Waals surface area (Å²) in [7, 11) is 1.73. The number of carboxylic acids is 1. The van der Waals surface area contributed by atoms with Crippen LogP contribution in [0, 0.1) is 0 Å². The number of aromatic nitrogens is 6. The first-order valence-corrected chi connectivity index (χ1v) is 11.2. The van der Waals surface area contributed by atoms with E-state index in [0.29, 0.717) is 16.5 Å². The molecule has 0 fully saturated rings. The molecule has 0 aliphatic carbocycles. The van der Waals surface area contributed by atoms with Gasteiger partial charge >= 0.3 is 12.1 Å². The molecule has 0 radical (unpaired) electrons. The molecule has 0 atom stereocenters. The second kappa shape index (κ2) is 10.4.